The van der Waals surface area contributed by atoms with Crippen molar-refractivity contribution < 1.29 is 23.0 Å². The van der Waals surface area contributed by atoms with E-state index >= 15 is 0 Å². The molecule has 1 heterocycles. The number of alkyl halides is 1. The number of ether oxygens (including phenoxy) is 3. The van der Waals surface area contributed by atoms with E-state index in [1.807, 2.05) is 24.3 Å². The number of hydrogen-bond acceptors (Lipinski definition) is 3. The molecule has 0 amide bonds. The van der Waals surface area contributed by atoms with Gasteiger partial charge in [-0.25, -0.2) is 8.78 Å². The zero-order chi connectivity index (χ0) is 18.6. The minimum Gasteiger partial charge on any atom is -0.486 e. The van der Waals surface area contributed by atoms with E-state index in [0.29, 0.717) is 6.42 Å². The van der Waals surface area contributed by atoms with E-state index in [9.17, 15) is 8.78 Å². The Morgan fingerprint density at radius 2 is 1.81 bits per heavy atom. The molecule has 1 aliphatic rings. The zero-order valence-electron chi connectivity index (χ0n) is 14.7. The van der Waals surface area contributed by atoms with Crippen LogP contribution in [-0.2, 0) is 9.47 Å². The Kier molecular flexibility index (Phi) is 5.69. The summed E-state index contributed by atoms with van der Waals surface area (Å²) < 4.78 is 44.5. The Balaban J connectivity index is 1.70. The van der Waals surface area contributed by atoms with Crippen LogP contribution in [0.15, 0.2) is 55.1 Å². The highest BCUT2D eigenvalue weighted by Crippen LogP contribution is 2.32. The highest BCUT2D eigenvalue weighted by molar-refractivity contribution is 5.64. The zero-order valence-corrected chi connectivity index (χ0v) is 14.7. The van der Waals surface area contributed by atoms with E-state index in [1.54, 1.807) is 25.1 Å². The molecule has 3 nitrogen and oxygen atoms in total. The van der Waals surface area contributed by atoms with Crippen molar-refractivity contribution in [2.45, 2.75) is 25.3 Å². The monoisotopic (exact) mass is 360 g/mol. The summed E-state index contributed by atoms with van der Waals surface area (Å²) in [6.45, 7) is 5.61. The molecule has 138 valence electrons. The predicted molar refractivity (Wildman–Crippen MR) is 96.3 cm³/mol. The van der Waals surface area contributed by atoms with Gasteiger partial charge in [0.15, 0.2) is 23.5 Å². The molecular weight excluding hydrogens is 338 g/mol. The quantitative estimate of drug-likeness (QED) is 0.661. The van der Waals surface area contributed by atoms with Gasteiger partial charge < -0.3 is 14.2 Å². The lowest BCUT2D eigenvalue weighted by Gasteiger charge is -2.33. The van der Waals surface area contributed by atoms with Crippen LogP contribution >= 0.6 is 0 Å². The van der Waals surface area contributed by atoms with Gasteiger partial charge in [0.2, 0.25) is 0 Å². The highest BCUT2D eigenvalue weighted by Gasteiger charge is 2.35. The molecule has 0 spiro atoms. The number of halogens is 2. The van der Waals surface area contributed by atoms with Gasteiger partial charge in [0.05, 0.1) is 13.2 Å². The molecule has 0 radical (unpaired) electrons. The Bertz CT molecular complexity index is 750. The Hall–Kier alpha value is -2.24. The first-order valence-corrected chi connectivity index (χ1v) is 8.60. The predicted octanol–water partition coefficient (Wildman–Crippen LogP) is 5.22. The summed E-state index contributed by atoms with van der Waals surface area (Å²) in [4.78, 5) is 0. The molecule has 3 rings (SSSR count). The largest absolute Gasteiger partial charge is 0.486 e. The van der Waals surface area contributed by atoms with Crippen molar-refractivity contribution in [3.05, 3.63) is 66.5 Å². The van der Waals surface area contributed by atoms with Crippen molar-refractivity contribution in [1.29, 1.82) is 0 Å². The van der Waals surface area contributed by atoms with Gasteiger partial charge in [0, 0.05) is 5.56 Å². The van der Waals surface area contributed by atoms with Gasteiger partial charge in [-0.05, 0) is 29.7 Å². The highest BCUT2D eigenvalue weighted by atomic mass is 19.1. The Labute approximate surface area is 152 Å². The summed E-state index contributed by atoms with van der Waals surface area (Å²) in [5.41, 5.74) is 0.980. The van der Waals surface area contributed by atoms with Crippen LogP contribution in [-0.4, -0.2) is 25.5 Å². The van der Waals surface area contributed by atoms with Gasteiger partial charge >= 0.3 is 0 Å². The fraction of sp³-hybridized carbons (Fsp3) is 0.333. The average Bonchev–Trinajstić information content (AvgIpc) is 2.68. The number of benzene rings is 2. The molecule has 0 N–H and O–H groups in total. The smallest absolute Gasteiger partial charge is 0.184 e. The number of hydrogen-bond donors (Lipinski definition) is 0. The summed E-state index contributed by atoms with van der Waals surface area (Å²) in [5.74, 6) is -0.230. The first kappa shape index (κ1) is 18.5. The Morgan fingerprint density at radius 3 is 2.38 bits per heavy atom. The summed E-state index contributed by atoms with van der Waals surface area (Å²) in [7, 11) is 0. The van der Waals surface area contributed by atoms with Crippen molar-refractivity contribution in [3.63, 3.8) is 0 Å². The van der Waals surface area contributed by atoms with Gasteiger partial charge in [-0.2, -0.15) is 0 Å². The van der Waals surface area contributed by atoms with Crippen molar-refractivity contribution in [2.75, 3.05) is 19.8 Å². The summed E-state index contributed by atoms with van der Waals surface area (Å²) >= 11 is 0. The molecule has 0 saturated carbocycles. The third-order valence-electron chi connectivity index (χ3n) is 4.43. The Morgan fingerprint density at radius 1 is 1.15 bits per heavy atom. The molecule has 5 heteroatoms. The van der Waals surface area contributed by atoms with E-state index in [1.165, 1.54) is 6.07 Å². The lowest BCUT2D eigenvalue weighted by Crippen LogP contribution is -2.40. The molecule has 26 heavy (non-hydrogen) atoms. The SMILES string of the molecule is C=CCOc1ccc(-c2ccc(C3OCC(F)(CC)CO3)cc2)cc1F. The average molecular weight is 360 g/mol. The summed E-state index contributed by atoms with van der Waals surface area (Å²) in [6, 6.07) is 12.2. The summed E-state index contributed by atoms with van der Waals surface area (Å²) in [5, 5.41) is 0. The van der Waals surface area contributed by atoms with Crippen LogP contribution in [0.25, 0.3) is 11.1 Å². The van der Waals surface area contributed by atoms with Crippen LogP contribution in [0.5, 0.6) is 5.75 Å². The second-order valence-electron chi connectivity index (χ2n) is 6.33. The first-order chi connectivity index (χ1) is 12.5. The van der Waals surface area contributed by atoms with Gasteiger partial charge in [-0.1, -0.05) is 49.9 Å². The van der Waals surface area contributed by atoms with Crippen molar-refractivity contribution in [1.82, 2.24) is 0 Å². The molecule has 0 unspecified atom stereocenters. The van der Waals surface area contributed by atoms with E-state index in [-0.39, 0.29) is 25.6 Å². The number of rotatable bonds is 6. The minimum atomic E-state index is -1.41. The first-order valence-electron chi connectivity index (χ1n) is 8.60. The maximum absolute atomic E-state index is 14.1. The van der Waals surface area contributed by atoms with Crippen LogP contribution < -0.4 is 4.74 Å². The topological polar surface area (TPSA) is 27.7 Å². The molecule has 2 aromatic carbocycles. The standard InChI is InChI=1S/C21H22F2O3/c1-3-11-24-19-10-9-17(12-18(19)22)15-5-7-16(8-6-15)20-25-13-21(23,4-2)14-26-20/h3,5-10,12,20H,1,4,11,13-14H2,2H3. The second-order valence-corrected chi connectivity index (χ2v) is 6.33. The van der Waals surface area contributed by atoms with Crippen LogP contribution in [0.3, 0.4) is 0 Å². The molecule has 1 saturated heterocycles. The molecule has 0 atom stereocenters. The lowest BCUT2D eigenvalue weighted by atomic mass is 10.0. The van der Waals surface area contributed by atoms with Gasteiger partial charge in [-0.3, -0.25) is 0 Å². The van der Waals surface area contributed by atoms with Gasteiger partial charge in [0.1, 0.15) is 6.61 Å². The van der Waals surface area contributed by atoms with Gasteiger partial charge in [-0.15, -0.1) is 0 Å². The van der Waals surface area contributed by atoms with Crippen molar-refractivity contribution in [2.24, 2.45) is 0 Å². The molecule has 0 aliphatic carbocycles. The van der Waals surface area contributed by atoms with Crippen LogP contribution in [0.4, 0.5) is 8.78 Å². The fourth-order valence-corrected chi connectivity index (χ4v) is 2.72. The van der Waals surface area contributed by atoms with Crippen LogP contribution in [0, 0.1) is 5.82 Å². The molecule has 0 aromatic heterocycles. The van der Waals surface area contributed by atoms with Gasteiger partial charge in [0.25, 0.3) is 0 Å². The molecule has 1 fully saturated rings. The maximum Gasteiger partial charge on any atom is 0.184 e. The molecule has 1 aliphatic heterocycles. The van der Waals surface area contributed by atoms with E-state index < -0.39 is 17.8 Å². The maximum atomic E-state index is 14.1. The third kappa shape index (κ3) is 4.11. The molecule has 2 aromatic rings. The third-order valence-corrected chi connectivity index (χ3v) is 4.43. The molecule has 0 bridgehead atoms. The lowest BCUT2D eigenvalue weighted by molar-refractivity contribution is -0.238. The summed E-state index contributed by atoms with van der Waals surface area (Å²) in [6.07, 6.45) is 1.34. The minimum absolute atomic E-state index is 0.0211. The van der Waals surface area contributed by atoms with Crippen molar-refractivity contribution >= 4 is 0 Å². The van der Waals surface area contributed by atoms with Crippen LogP contribution in [0.2, 0.25) is 0 Å². The second kappa shape index (κ2) is 7.98. The normalized spacial score (nSPS) is 22.8. The van der Waals surface area contributed by atoms with Crippen LogP contribution in [0.1, 0.15) is 25.2 Å². The van der Waals surface area contributed by atoms with E-state index in [4.69, 9.17) is 14.2 Å². The molecular formula is C21H22F2O3. The van der Waals surface area contributed by atoms with E-state index in [2.05, 4.69) is 6.58 Å². The fourth-order valence-electron chi connectivity index (χ4n) is 2.72. The van der Waals surface area contributed by atoms with Crippen molar-refractivity contribution in [3.8, 4) is 16.9 Å². The van der Waals surface area contributed by atoms with E-state index in [0.717, 1.165) is 16.7 Å².